The first-order chi connectivity index (χ1) is 14.2. The number of amides is 2. The Morgan fingerprint density at radius 2 is 1.76 bits per heavy atom. The van der Waals surface area contributed by atoms with Gasteiger partial charge in [0.15, 0.2) is 0 Å². The average Bonchev–Trinajstić information content (AvgIpc) is 2.75. The van der Waals surface area contributed by atoms with Gasteiger partial charge < -0.3 is 10.6 Å². The second-order valence-electron chi connectivity index (χ2n) is 7.22. The van der Waals surface area contributed by atoms with Crippen LogP contribution in [0.4, 0.5) is 0 Å². The largest absolute Gasteiger partial charge is 0.355 e. The fraction of sp³-hybridized carbons (Fsp3) is 0.391. The van der Waals surface area contributed by atoms with Gasteiger partial charge in [0.05, 0.1) is 12.5 Å². The van der Waals surface area contributed by atoms with Crippen molar-refractivity contribution in [3.05, 3.63) is 71.8 Å². The summed E-state index contributed by atoms with van der Waals surface area (Å²) in [6.07, 6.45) is 2.20. The van der Waals surface area contributed by atoms with Crippen LogP contribution in [0, 0.1) is 0 Å². The molecular formula is C23H29N3O2S. The molecule has 0 radical (unpaired) electrons. The summed E-state index contributed by atoms with van der Waals surface area (Å²) >= 11 is 1.69. The van der Waals surface area contributed by atoms with Gasteiger partial charge in [0.25, 0.3) is 0 Å². The van der Waals surface area contributed by atoms with E-state index in [2.05, 4.69) is 39.8 Å². The molecule has 0 spiro atoms. The van der Waals surface area contributed by atoms with E-state index in [1.165, 1.54) is 11.1 Å². The Hall–Kier alpha value is -2.31. The first kappa shape index (κ1) is 21.4. The summed E-state index contributed by atoms with van der Waals surface area (Å²) in [5.41, 5.74) is 2.43. The van der Waals surface area contributed by atoms with Crippen LogP contribution in [0.3, 0.4) is 0 Å². The summed E-state index contributed by atoms with van der Waals surface area (Å²) < 4.78 is 0. The number of hydrogen-bond donors (Lipinski definition) is 2. The minimum absolute atomic E-state index is 0.0591. The number of carbonyl (C=O) groups excluding carboxylic acids is 2. The third kappa shape index (κ3) is 6.08. The van der Waals surface area contributed by atoms with Crippen molar-refractivity contribution >= 4 is 23.6 Å². The van der Waals surface area contributed by atoms with Gasteiger partial charge in [-0.15, -0.1) is 0 Å². The summed E-state index contributed by atoms with van der Waals surface area (Å²) in [6, 6.07) is 20.3. The number of nitrogens with zero attached hydrogens (tertiary/aromatic N) is 1. The lowest BCUT2D eigenvalue weighted by Crippen LogP contribution is -2.57. The summed E-state index contributed by atoms with van der Waals surface area (Å²) in [5.74, 6) is 0.889. The zero-order valence-electron chi connectivity index (χ0n) is 16.8. The molecule has 2 aromatic carbocycles. The van der Waals surface area contributed by atoms with Gasteiger partial charge in [-0.1, -0.05) is 60.7 Å². The van der Waals surface area contributed by atoms with Crippen molar-refractivity contribution in [2.45, 2.75) is 18.4 Å². The van der Waals surface area contributed by atoms with Crippen LogP contribution in [0.15, 0.2) is 60.7 Å². The minimum Gasteiger partial charge on any atom is -0.355 e. The molecule has 1 saturated heterocycles. The first-order valence-corrected chi connectivity index (χ1v) is 11.5. The molecule has 2 amide bonds. The van der Waals surface area contributed by atoms with Gasteiger partial charge in [-0.05, 0) is 17.4 Å². The highest BCUT2D eigenvalue weighted by Gasteiger charge is 2.33. The zero-order valence-corrected chi connectivity index (χ0v) is 17.7. The number of piperazine rings is 1. The lowest BCUT2D eigenvalue weighted by molar-refractivity contribution is -0.133. The average molecular weight is 412 g/mol. The van der Waals surface area contributed by atoms with Gasteiger partial charge in [0, 0.05) is 37.8 Å². The van der Waals surface area contributed by atoms with E-state index in [-0.39, 0.29) is 24.2 Å². The number of carbonyl (C=O) groups is 2. The number of hydrogen-bond acceptors (Lipinski definition) is 4. The number of rotatable bonds is 9. The monoisotopic (exact) mass is 411 g/mol. The fourth-order valence-corrected chi connectivity index (χ4v) is 4.06. The number of nitrogens with one attached hydrogen (secondary N) is 2. The predicted octanol–water partition coefficient (Wildman–Crippen LogP) is 2.49. The molecular weight excluding hydrogens is 382 g/mol. The van der Waals surface area contributed by atoms with Gasteiger partial charge in [-0.3, -0.25) is 14.5 Å². The van der Waals surface area contributed by atoms with Gasteiger partial charge in [0.1, 0.15) is 0 Å². The summed E-state index contributed by atoms with van der Waals surface area (Å²) in [5, 5.41) is 5.85. The van der Waals surface area contributed by atoms with E-state index in [4.69, 9.17) is 0 Å². The molecule has 3 rings (SSSR count). The maximum atomic E-state index is 12.6. The number of thioether (sulfide) groups is 1. The van der Waals surface area contributed by atoms with Gasteiger partial charge in [-0.2, -0.15) is 11.8 Å². The van der Waals surface area contributed by atoms with Crippen molar-refractivity contribution in [1.82, 2.24) is 15.5 Å². The van der Waals surface area contributed by atoms with Crippen molar-refractivity contribution in [3.63, 3.8) is 0 Å². The molecule has 0 aromatic heterocycles. The lowest BCUT2D eigenvalue weighted by Gasteiger charge is -2.37. The molecule has 0 bridgehead atoms. The topological polar surface area (TPSA) is 61.4 Å². The molecule has 1 fully saturated rings. The van der Waals surface area contributed by atoms with Crippen LogP contribution in [-0.4, -0.2) is 60.9 Å². The van der Waals surface area contributed by atoms with Crippen molar-refractivity contribution in [2.24, 2.45) is 0 Å². The lowest BCUT2D eigenvalue weighted by atomic mass is 9.90. The van der Waals surface area contributed by atoms with E-state index >= 15 is 0 Å². The standard InChI is InChI=1S/C23H29N3O2S/c1-29-15-13-24-22(27)16-21-23(28)25-12-14-26(21)17-20(18-8-4-2-5-9-18)19-10-6-3-7-11-19/h2-11,20-21H,12-17H2,1H3,(H,24,27)(H,25,28). The Morgan fingerprint density at radius 3 is 2.34 bits per heavy atom. The van der Waals surface area contributed by atoms with Crippen LogP contribution in [0.2, 0.25) is 0 Å². The Kier molecular flexibility index (Phi) is 8.14. The van der Waals surface area contributed by atoms with Crippen molar-refractivity contribution < 1.29 is 9.59 Å². The summed E-state index contributed by atoms with van der Waals surface area (Å²) in [4.78, 5) is 27.1. The molecule has 1 aliphatic heterocycles. The molecule has 154 valence electrons. The Morgan fingerprint density at radius 1 is 1.14 bits per heavy atom. The van der Waals surface area contributed by atoms with E-state index < -0.39 is 6.04 Å². The second kappa shape index (κ2) is 11.0. The summed E-state index contributed by atoms with van der Waals surface area (Å²) in [6.45, 7) is 2.68. The Balaban J connectivity index is 1.77. The first-order valence-electron chi connectivity index (χ1n) is 10.1. The molecule has 2 aromatic rings. The second-order valence-corrected chi connectivity index (χ2v) is 8.21. The van der Waals surface area contributed by atoms with E-state index in [0.717, 1.165) is 12.3 Å². The molecule has 1 unspecified atom stereocenters. The van der Waals surface area contributed by atoms with E-state index in [1.54, 1.807) is 11.8 Å². The van der Waals surface area contributed by atoms with Gasteiger partial charge in [-0.25, -0.2) is 0 Å². The van der Waals surface area contributed by atoms with Crippen LogP contribution < -0.4 is 10.6 Å². The molecule has 1 aliphatic rings. The SMILES string of the molecule is CSCCNC(=O)CC1C(=O)NCCN1CC(c1ccccc1)c1ccccc1. The third-order valence-corrected chi connectivity index (χ3v) is 5.88. The molecule has 5 nitrogen and oxygen atoms in total. The zero-order chi connectivity index (χ0) is 20.5. The van der Waals surface area contributed by atoms with Crippen LogP contribution in [0.1, 0.15) is 23.5 Å². The van der Waals surface area contributed by atoms with Crippen LogP contribution in [0.5, 0.6) is 0 Å². The maximum absolute atomic E-state index is 12.6. The molecule has 6 heteroatoms. The quantitative estimate of drug-likeness (QED) is 0.623. The van der Waals surface area contributed by atoms with Crippen molar-refractivity contribution in [2.75, 3.05) is 38.2 Å². The molecule has 1 atom stereocenters. The summed E-state index contributed by atoms with van der Waals surface area (Å²) in [7, 11) is 0. The van der Waals surface area contributed by atoms with E-state index in [0.29, 0.717) is 19.6 Å². The normalized spacial score (nSPS) is 17.2. The highest BCUT2D eigenvalue weighted by Crippen LogP contribution is 2.27. The van der Waals surface area contributed by atoms with Crippen molar-refractivity contribution in [3.8, 4) is 0 Å². The minimum atomic E-state index is -0.437. The van der Waals surface area contributed by atoms with E-state index in [9.17, 15) is 9.59 Å². The highest BCUT2D eigenvalue weighted by atomic mass is 32.2. The highest BCUT2D eigenvalue weighted by molar-refractivity contribution is 7.98. The fourth-order valence-electron chi connectivity index (χ4n) is 3.75. The molecule has 2 N–H and O–H groups in total. The molecule has 1 heterocycles. The van der Waals surface area contributed by atoms with Gasteiger partial charge >= 0.3 is 0 Å². The molecule has 0 saturated carbocycles. The third-order valence-electron chi connectivity index (χ3n) is 5.27. The van der Waals surface area contributed by atoms with E-state index in [1.807, 2.05) is 42.7 Å². The Bertz CT molecular complexity index is 746. The Labute approximate surface area is 177 Å². The maximum Gasteiger partial charge on any atom is 0.237 e. The van der Waals surface area contributed by atoms with Crippen LogP contribution in [0.25, 0.3) is 0 Å². The van der Waals surface area contributed by atoms with Crippen molar-refractivity contribution in [1.29, 1.82) is 0 Å². The van der Waals surface area contributed by atoms with Crippen LogP contribution >= 0.6 is 11.8 Å². The van der Waals surface area contributed by atoms with Crippen LogP contribution in [-0.2, 0) is 9.59 Å². The smallest absolute Gasteiger partial charge is 0.237 e. The number of benzene rings is 2. The van der Waals surface area contributed by atoms with Gasteiger partial charge in [0.2, 0.25) is 11.8 Å². The molecule has 29 heavy (non-hydrogen) atoms. The molecule has 0 aliphatic carbocycles. The predicted molar refractivity (Wildman–Crippen MR) is 119 cm³/mol.